The molecule has 28 heavy (non-hydrogen) atoms. The second kappa shape index (κ2) is 7.80. The summed E-state index contributed by atoms with van der Waals surface area (Å²) >= 11 is 0. The summed E-state index contributed by atoms with van der Waals surface area (Å²) in [5, 5.41) is 2.76. The molecule has 0 aliphatic carbocycles. The average Bonchev–Trinajstić information content (AvgIpc) is 2.96. The lowest BCUT2D eigenvalue weighted by Gasteiger charge is -2.26. The number of amides is 4. The number of nitrogens with one attached hydrogen (secondary N) is 1. The summed E-state index contributed by atoms with van der Waals surface area (Å²) in [5.74, 6) is -1.27. The van der Waals surface area contributed by atoms with Crippen molar-refractivity contribution in [3.05, 3.63) is 66.0 Å². The van der Waals surface area contributed by atoms with Gasteiger partial charge in [-0.25, -0.2) is 9.18 Å². The van der Waals surface area contributed by atoms with E-state index in [0.29, 0.717) is 24.2 Å². The van der Waals surface area contributed by atoms with Crippen molar-refractivity contribution in [3.8, 4) is 0 Å². The maximum Gasteiger partial charge on any atom is 0.325 e. The number of carbonyl (C=O) groups excluding carboxylic acids is 3. The van der Waals surface area contributed by atoms with Crippen LogP contribution < -0.4 is 10.2 Å². The third-order valence-electron chi connectivity index (χ3n) is 5.02. The van der Waals surface area contributed by atoms with Gasteiger partial charge >= 0.3 is 6.03 Å². The van der Waals surface area contributed by atoms with E-state index in [2.05, 4.69) is 5.32 Å². The number of halogens is 1. The lowest BCUT2D eigenvalue weighted by molar-refractivity contribution is -0.134. The monoisotopic (exact) mass is 383 g/mol. The number of anilines is 1. The van der Waals surface area contributed by atoms with E-state index in [1.165, 1.54) is 29.2 Å². The van der Waals surface area contributed by atoms with Gasteiger partial charge in [-0.15, -0.1) is 0 Å². The van der Waals surface area contributed by atoms with Crippen LogP contribution in [0.15, 0.2) is 54.6 Å². The quantitative estimate of drug-likeness (QED) is 0.780. The zero-order valence-corrected chi connectivity index (χ0v) is 15.8. The van der Waals surface area contributed by atoms with Crippen molar-refractivity contribution >= 4 is 23.5 Å². The molecule has 4 amide bonds. The normalized spacial score (nSPS) is 18.9. The number of urea groups is 1. The van der Waals surface area contributed by atoms with Gasteiger partial charge in [-0.1, -0.05) is 37.3 Å². The summed E-state index contributed by atoms with van der Waals surface area (Å²) < 4.78 is 13.2. The first kappa shape index (κ1) is 19.5. The van der Waals surface area contributed by atoms with Crippen LogP contribution >= 0.6 is 0 Å². The Hall–Kier alpha value is -3.22. The standard InChI is InChI=1S/C21H22FN3O3/c1-3-21(15-8-6-5-7-9-15)19(27)25(20(28)23-21)14-18(26)24(4-2)17-12-10-16(22)11-13-17/h5-13H,3-4,14H2,1-2H3,(H,23,28). The lowest BCUT2D eigenvalue weighted by atomic mass is 9.87. The van der Waals surface area contributed by atoms with E-state index < -0.39 is 29.2 Å². The van der Waals surface area contributed by atoms with Crippen LogP contribution in [-0.2, 0) is 15.1 Å². The Labute approximate surface area is 162 Å². The number of hydrogen-bond acceptors (Lipinski definition) is 3. The summed E-state index contributed by atoms with van der Waals surface area (Å²) in [6.45, 7) is 3.52. The summed E-state index contributed by atoms with van der Waals surface area (Å²) in [6, 6.07) is 13.9. The highest BCUT2D eigenvalue weighted by atomic mass is 19.1. The molecule has 146 valence electrons. The smallest absolute Gasteiger partial charge is 0.319 e. The van der Waals surface area contributed by atoms with E-state index in [4.69, 9.17) is 0 Å². The third-order valence-corrected chi connectivity index (χ3v) is 5.02. The van der Waals surface area contributed by atoms with Crippen molar-refractivity contribution in [1.29, 1.82) is 0 Å². The first-order chi connectivity index (χ1) is 13.4. The second-order valence-corrected chi connectivity index (χ2v) is 6.56. The van der Waals surface area contributed by atoms with Crippen molar-refractivity contribution in [2.45, 2.75) is 25.8 Å². The zero-order valence-electron chi connectivity index (χ0n) is 15.8. The molecule has 1 heterocycles. The average molecular weight is 383 g/mol. The fraction of sp³-hybridized carbons (Fsp3) is 0.286. The maximum atomic E-state index is 13.2. The first-order valence-electron chi connectivity index (χ1n) is 9.18. The summed E-state index contributed by atoms with van der Waals surface area (Å²) in [5.41, 5.74) is 0.00777. The number of hydrogen-bond donors (Lipinski definition) is 1. The molecule has 0 bridgehead atoms. The lowest BCUT2D eigenvalue weighted by Crippen LogP contribution is -2.45. The molecule has 1 fully saturated rings. The first-order valence-corrected chi connectivity index (χ1v) is 9.18. The molecule has 1 aliphatic rings. The number of rotatable bonds is 6. The van der Waals surface area contributed by atoms with E-state index in [1.807, 2.05) is 13.0 Å². The molecule has 1 saturated heterocycles. The van der Waals surface area contributed by atoms with Gasteiger partial charge in [0, 0.05) is 12.2 Å². The molecule has 2 aromatic carbocycles. The number of imide groups is 1. The molecule has 3 rings (SSSR count). The fourth-order valence-electron chi connectivity index (χ4n) is 3.48. The van der Waals surface area contributed by atoms with E-state index in [-0.39, 0.29) is 6.54 Å². The molecular weight excluding hydrogens is 361 g/mol. The van der Waals surface area contributed by atoms with Crippen LogP contribution in [0.3, 0.4) is 0 Å². The Morgan fingerprint density at radius 1 is 1.07 bits per heavy atom. The van der Waals surface area contributed by atoms with Crippen molar-refractivity contribution < 1.29 is 18.8 Å². The molecule has 1 atom stereocenters. The van der Waals surface area contributed by atoms with E-state index in [0.717, 1.165) is 4.90 Å². The molecule has 0 radical (unpaired) electrons. The molecule has 0 spiro atoms. The van der Waals surface area contributed by atoms with Gasteiger partial charge in [0.05, 0.1) is 0 Å². The van der Waals surface area contributed by atoms with Crippen molar-refractivity contribution in [1.82, 2.24) is 10.2 Å². The topological polar surface area (TPSA) is 69.7 Å². The van der Waals surface area contributed by atoms with Gasteiger partial charge in [-0.3, -0.25) is 14.5 Å². The predicted octanol–water partition coefficient (Wildman–Crippen LogP) is 3.04. The van der Waals surface area contributed by atoms with Gasteiger partial charge in [0.1, 0.15) is 17.9 Å². The van der Waals surface area contributed by atoms with Gasteiger partial charge in [-0.05, 0) is 43.2 Å². The minimum atomic E-state index is -1.18. The number of likely N-dealkylation sites (N-methyl/N-ethyl adjacent to an activating group) is 1. The van der Waals surface area contributed by atoms with Gasteiger partial charge in [0.15, 0.2) is 0 Å². The highest BCUT2D eigenvalue weighted by Crippen LogP contribution is 2.32. The summed E-state index contributed by atoms with van der Waals surface area (Å²) in [6.07, 6.45) is 0.363. The fourth-order valence-corrected chi connectivity index (χ4v) is 3.48. The Kier molecular flexibility index (Phi) is 5.44. The maximum absolute atomic E-state index is 13.2. The number of carbonyl (C=O) groups is 3. The Morgan fingerprint density at radius 2 is 1.71 bits per heavy atom. The minimum Gasteiger partial charge on any atom is -0.319 e. The van der Waals surface area contributed by atoms with E-state index in [9.17, 15) is 18.8 Å². The van der Waals surface area contributed by atoms with Gasteiger partial charge in [0.2, 0.25) is 5.91 Å². The van der Waals surface area contributed by atoms with Crippen molar-refractivity contribution in [3.63, 3.8) is 0 Å². The molecule has 2 aromatic rings. The predicted molar refractivity (Wildman–Crippen MR) is 103 cm³/mol. The number of benzene rings is 2. The Bertz CT molecular complexity index is 886. The SMILES string of the molecule is CCN(C(=O)CN1C(=O)NC(CC)(c2ccccc2)C1=O)c1ccc(F)cc1. The van der Waals surface area contributed by atoms with Crippen LogP contribution in [-0.4, -0.2) is 35.8 Å². The van der Waals surface area contributed by atoms with Crippen LogP contribution in [0.1, 0.15) is 25.8 Å². The van der Waals surface area contributed by atoms with Crippen LogP contribution in [0.25, 0.3) is 0 Å². The van der Waals surface area contributed by atoms with E-state index >= 15 is 0 Å². The van der Waals surface area contributed by atoms with Gasteiger partial charge in [0.25, 0.3) is 5.91 Å². The molecule has 1 unspecified atom stereocenters. The van der Waals surface area contributed by atoms with Crippen molar-refractivity contribution in [2.75, 3.05) is 18.0 Å². The Morgan fingerprint density at radius 3 is 2.29 bits per heavy atom. The highest BCUT2D eigenvalue weighted by molar-refractivity contribution is 6.10. The largest absolute Gasteiger partial charge is 0.325 e. The molecule has 7 heteroatoms. The van der Waals surface area contributed by atoms with Gasteiger partial charge < -0.3 is 10.2 Å². The molecule has 0 aromatic heterocycles. The van der Waals surface area contributed by atoms with Crippen molar-refractivity contribution in [2.24, 2.45) is 0 Å². The molecule has 6 nitrogen and oxygen atoms in total. The van der Waals surface area contributed by atoms with Crippen LogP contribution in [0.4, 0.5) is 14.9 Å². The second-order valence-electron chi connectivity index (χ2n) is 6.56. The van der Waals surface area contributed by atoms with E-state index in [1.54, 1.807) is 31.2 Å². The molecule has 1 N–H and O–H groups in total. The summed E-state index contributed by atoms with van der Waals surface area (Å²) in [4.78, 5) is 40.8. The van der Waals surface area contributed by atoms with Gasteiger partial charge in [-0.2, -0.15) is 0 Å². The molecule has 0 saturated carbocycles. The highest BCUT2D eigenvalue weighted by Gasteiger charge is 2.51. The zero-order chi connectivity index (χ0) is 20.3. The molecule has 1 aliphatic heterocycles. The Balaban J connectivity index is 1.83. The van der Waals surface area contributed by atoms with Crippen LogP contribution in [0.5, 0.6) is 0 Å². The minimum absolute atomic E-state index is 0.325. The number of nitrogens with zero attached hydrogens (tertiary/aromatic N) is 2. The molecular formula is C21H22FN3O3. The van der Waals surface area contributed by atoms with Crippen LogP contribution in [0, 0.1) is 5.82 Å². The summed E-state index contributed by atoms with van der Waals surface area (Å²) in [7, 11) is 0. The third kappa shape index (κ3) is 3.35. The van der Waals surface area contributed by atoms with Crippen LogP contribution in [0.2, 0.25) is 0 Å².